The van der Waals surface area contributed by atoms with Gasteiger partial charge in [-0.3, -0.25) is 10.1 Å². The molecule has 0 saturated heterocycles. The lowest BCUT2D eigenvalue weighted by atomic mass is 10.0. The van der Waals surface area contributed by atoms with Gasteiger partial charge in [0, 0.05) is 17.2 Å². The van der Waals surface area contributed by atoms with Crippen molar-refractivity contribution in [2.24, 2.45) is 0 Å². The monoisotopic (exact) mass is 392 g/mol. The average Bonchev–Trinajstić information content (AvgIpc) is 2.71. The Morgan fingerprint density at radius 1 is 1.21 bits per heavy atom. The van der Waals surface area contributed by atoms with Crippen molar-refractivity contribution in [2.75, 3.05) is 18.6 Å². The number of hydrogen-bond donors (Lipinski definition) is 2. The molecular weight excluding hydrogens is 376 g/mol. The minimum absolute atomic E-state index is 0.0137. The summed E-state index contributed by atoms with van der Waals surface area (Å²) in [5.41, 5.74) is 13.0. The maximum atomic E-state index is 10.9. The summed E-state index contributed by atoms with van der Waals surface area (Å²) in [5, 5.41) is 20.3. The molecule has 1 heterocycles. The van der Waals surface area contributed by atoms with Crippen LogP contribution < -0.4 is 20.9 Å². The van der Waals surface area contributed by atoms with E-state index in [2.05, 4.69) is 9.97 Å². The van der Waals surface area contributed by atoms with Crippen molar-refractivity contribution in [2.45, 2.75) is 6.61 Å². The van der Waals surface area contributed by atoms with Crippen molar-refractivity contribution in [1.82, 2.24) is 9.97 Å². The number of nitro benzene ring substituents is 1. The SMILES string of the molecule is COc1ccc(-c2nc(N)nc(N)c2C#N)cc1COc1cccc([N+](=O)[O-])c1. The first-order chi connectivity index (χ1) is 13.9. The fourth-order valence-corrected chi connectivity index (χ4v) is 2.70. The van der Waals surface area contributed by atoms with Gasteiger partial charge in [-0.1, -0.05) is 6.07 Å². The molecular formula is C19H16N6O4. The van der Waals surface area contributed by atoms with E-state index in [0.29, 0.717) is 22.6 Å². The first-order valence-corrected chi connectivity index (χ1v) is 8.30. The number of nitrogens with zero attached hydrogens (tertiary/aromatic N) is 4. The average molecular weight is 392 g/mol. The lowest BCUT2D eigenvalue weighted by Crippen LogP contribution is -2.05. The van der Waals surface area contributed by atoms with Crippen LogP contribution in [0.2, 0.25) is 0 Å². The summed E-state index contributed by atoms with van der Waals surface area (Å²) in [6, 6.07) is 13.0. The van der Waals surface area contributed by atoms with Gasteiger partial charge < -0.3 is 20.9 Å². The smallest absolute Gasteiger partial charge is 0.273 e. The molecule has 0 amide bonds. The minimum atomic E-state index is -0.499. The van der Waals surface area contributed by atoms with E-state index >= 15 is 0 Å². The van der Waals surface area contributed by atoms with E-state index in [1.807, 2.05) is 6.07 Å². The van der Waals surface area contributed by atoms with Gasteiger partial charge in [-0.2, -0.15) is 10.2 Å². The summed E-state index contributed by atoms with van der Waals surface area (Å²) in [5.74, 6) is 0.800. The van der Waals surface area contributed by atoms with Gasteiger partial charge >= 0.3 is 0 Å². The summed E-state index contributed by atoms with van der Waals surface area (Å²) in [7, 11) is 1.51. The van der Waals surface area contributed by atoms with E-state index in [1.165, 1.54) is 25.3 Å². The summed E-state index contributed by atoms with van der Waals surface area (Å²) in [4.78, 5) is 18.3. The molecule has 0 radical (unpaired) electrons. The zero-order valence-corrected chi connectivity index (χ0v) is 15.3. The predicted octanol–water partition coefficient (Wildman–Crippen LogP) is 2.68. The summed E-state index contributed by atoms with van der Waals surface area (Å²) < 4.78 is 11.0. The van der Waals surface area contributed by atoms with Crippen LogP contribution in [-0.2, 0) is 6.61 Å². The highest BCUT2D eigenvalue weighted by atomic mass is 16.6. The van der Waals surface area contributed by atoms with Crippen LogP contribution in [0.1, 0.15) is 11.1 Å². The third-order valence-electron chi connectivity index (χ3n) is 4.04. The molecule has 0 aliphatic heterocycles. The molecule has 2 aromatic carbocycles. The van der Waals surface area contributed by atoms with Crippen LogP contribution in [0.4, 0.5) is 17.5 Å². The second-order valence-corrected chi connectivity index (χ2v) is 5.87. The quantitative estimate of drug-likeness (QED) is 0.474. The van der Waals surface area contributed by atoms with Gasteiger partial charge in [-0.05, 0) is 24.3 Å². The van der Waals surface area contributed by atoms with E-state index < -0.39 is 4.92 Å². The lowest BCUT2D eigenvalue weighted by molar-refractivity contribution is -0.384. The number of anilines is 2. The van der Waals surface area contributed by atoms with Crippen molar-refractivity contribution in [3.05, 3.63) is 63.7 Å². The highest BCUT2D eigenvalue weighted by Gasteiger charge is 2.16. The van der Waals surface area contributed by atoms with Crippen LogP contribution >= 0.6 is 0 Å². The predicted molar refractivity (Wildman–Crippen MR) is 105 cm³/mol. The number of nitrogens with two attached hydrogens (primary N) is 2. The number of aromatic nitrogens is 2. The van der Waals surface area contributed by atoms with Crippen molar-refractivity contribution in [3.63, 3.8) is 0 Å². The highest BCUT2D eigenvalue weighted by molar-refractivity contribution is 5.74. The van der Waals surface area contributed by atoms with E-state index in [0.717, 1.165) is 0 Å². The topological polar surface area (TPSA) is 163 Å². The normalized spacial score (nSPS) is 10.2. The maximum Gasteiger partial charge on any atom is 0.273 e. The van der Waals surface area contributed by atoms with Crippen LogP contribution in [0.15, 0.2) is 42.5 Å². The first kappa shape index (κ1) is 19.4. The molecule has 0 fully saturated rings. The number of rotatable bonds is 6. The Kier molecular flexibility index (Phi) is 5.41. The molecule has 146 valence electrons. The number of methoxy groups -OCH3 is 1. The van der Waals surface area contributed by atoms with Gasteiger partial charge in [0.15, 0.2) is 0 Å². The Labute approximate surface area is 165 Å². The van der Waals surface area contributed by atoms with Crippen LogP contribution in [0.3, 0.4) is 0 Å². The summed E-state index contributed by atoms with van der Waals surface area (Å²) in [6.45, 7) is 0.0656. The van der Waals surface area contributed by atoms with Crippen molar-refractivity contribution < 1.29 is 14.4 Å². The molecule has 0 unspecified atom stereocenters. The van der Waals surface area contributed by atoms with E-state index in [-0.39, 0.29) is 35.3 Å². The molecule has 4 N–H and O–H groups in total. The van der Waals surface area contributed by atoms with Gasteiger partial charge in [0.1, 0.15) is 35.6 Å². The fourth-order valence-electron chi connectivity index (χ4n) is 2.70. The zero-order valence-electron chi connectivity index (χ0n) is 15.3. The van der Waals surface area contributed by atoms with Crippen molar-refractivity contribution in [3.8, 4) is 28.8 Å². The van der Waals surface area contributed by atoms with Gasteiger partial charge in [0.25, 0.3) is 5.69 Å². The van der Waals surface area contributed by atoms with E-state index in [9.17, 15) is 15.4 Å². The molecule has 0 saturated carbocycles. The Bertz CT molecular complexity index is 1130. The Balaban J connectivity index is 1.96. The number of ether oxygens (including phenoxy) is 2. The third-order valence-corrected chi connectivity index (χ3v) is 4.04. The first-order valence-electron chi connectivity index (χ1n) is 8.30. The Morgan fingerprint density at radius 3 is 2.69 bits per heavy atom. The number of hydrogen-bond acceptors (Lipinski definition) is 9. The standard InChI is InChI=1S/C19H16N6O4/c1-28-16-6-5-11(17-15(9-20)18(21)24-19(22)23-17)7-12(16)10-29-14-4-2-3-13(8-14)25(26)27/h2-8H,10H2,1H3,(H4,21,22,23,24). The minimum Gasteiger partial charge on any atom is -0.496 e. The molecule has 3 aromatic rings. The zero-order chi connectivity index (χ0) is 21.0. The van der Waals surface area contributed by atoms with Crippen molar-refractivity contribution >= 4 is 17.5 Å². The Morgan fingerprint density at radius 2 is 2.00 bits per heavy atom. The van der Waals surface area contributed by atoms with Crippen molar-refractivity contribution in [1.29, 1.82) is 5.26 Å². The van der Waals surface area contributed by atoms with Gasteiger partial charge in [-0.15, -0.1) is 0 Å². The fraction of sp³-hybridized carbons (Fsp3) is 0.105. The van der Waals surface area contributed by atoms with Gasteiger partial charge in [-0.25, -0.2) is 4.98 Å². The van der Waals surface area contributed by atoms with Gasteiger partial charge in [0.05, 0.1) is 23.8 Å². The van der Waals surface area contributed by atoms with Crippen LogP contribution in [-0.4, -0.2) is 22.0 Å². The van der Waals surface area contributed by atoms with Crippen LogP contribution in [0, 0.1) is 21.4 Å². The van der Waals surface area contributed by atoms with E-state index in [1.54, 1.807) is 24.3 Å². The third kappa shape index (κ3) is 4.14. The molecule has 0 aliphatic rings. The van der Waals surface area contributed by atoms with E-state index in [4.69, 9.17) is 20.9 Å². The molecule has 0 bridgehead atoms. The van der Waals surface area contributed by atoms with Crippen LogP contribution in [0.5, 0.6) is 11.5 Å². The second-order valence-electron chi connectivity index (χ2n) is 5.87. The second kappa shape index (κ2) is 8.10. The molecule has 29 heavy (non-hydrogen) atoms. The highest BCUT2D eigenvalue weighted by Crippen LogP contribution is 2.30. The summed E-state index contributed by atoms with van der Waals surface area (Å²) >= 11 is 0. The number of nitrogen functional groups attached to an aromatic ring is 2. The number of non-ortho nitro benzene ring substituents is 1. The number of nitro groups is 1. The Hall–Kier alpha value is -4.39. The molecule has 0 spiro atoms. The largest absolute Gasteiger partial charge is 0.496 e. The molecule has 0 aliphatic carbocycles. The number of nitriles is 1. The molecule has 0 atom stereocenters. The van der Waals surface area contributed by atoms with Gasteiger partial charge in [0.2, 0.25) is 5.95 Å². The summed E-state index contributed by atoms with van der Waals surface area (Å²) in [6.07, 6.45) is 0. The maximum absolute atomic E-state index is 10.9. The lowest BCUT2D eigenvalue weighted by Gasteiger charge is -2.13. The number of benzene rings is 2. The van der Waals surface area contributed by atoms with Crippen LogP contribution in [0.25, 0.3) is 11.3 Å². The molecule has 10 heteroatoms. The molecule has 3 rings (SSSR count). The molecule has 1 aromatic heterocycles. The molecule has 10 nitrogen and oxygen atoms in total.